The molecule has 1 aromatic carbocycles. The summed E-state index contributed by atoms with van der Waals surface area (Å²) < 4.78 is 26.4. The first kappa shape index (κ1) is 12.7. The van der Waals surface area contributed by atoms with Crippen LogP contribution in [-0.4, -0.2) is 29.1 Å². The molecule has 0 spiro atoms. The van der Waals surface area contributed by atoms with Crippen molar-refractivity contribution in [2.24, 2.45) is 5.73 Å². The molecule has 0 aliphatic heterocycles. The van der Waals surface area contributed by atoms with Crippen molar-refractivity contribution in [2.45, 2.75) is 12.2 Å². The molecular weight excluding hydrogens is 220 g/mol. The second-order valence-electron chi connectivity index (χ2n) is 3.23. The lowest BCUT2D eigenvalue weighted by Crippen LogP contribution is -2.28. The summed E-state index contributed by atoms with van der Waals surface area (Å²) in [4.78, 5) is 10.4. The lowest BCUT2D eigenvalue weighted by Gasteiger charge is -2.17. The molecule has 1 rings (SSSR count). The van der Waals surface area contributed by atoms with Gasteiger partial charge in [0.05, 0.1) is 11.7 Å². The summed E-state index contributed by atoms with van der Waals surface area (Å²) in [5, 5.41) is 18.7. The number of aliphatic hydroxyl groups excluding tert-OH is 2. The quantitative estimate of drug-likeness (QED) is 0.643. The van der Waals surface area contributed by atoms with E-state index in [0.717, 1.165) is 12.1 Å². The van der Waals surface area contributed by atoms with Gasteiger partial charge in [-0.1, -0.05) is 6.07 Å². The maximum atomic E-state index is 13.5. The highest BCUT2D eigenvalue weighted by Crippen LogP contribution is 2.23. The van der Waals surface area contributed by atoms with Crippen LogP contribution >= 0.6 is 0 Å². The number of benzene rings is 1. The standard InChI is InChI=1S/C10H11F2NO3/c11-7-2-1-5(9(12)6(7)4-14)10(16)8(15)3-13/h1-2,4,8,10,15-16H,3,13H2. The number of aldehydes is 1. The Balaban J connectivity index is 3.20. The monoisotopic (exact) mass is 231 g/mol. The van der Waals surface area contributed by atoms with E-state index in [4.69, 9.17) is 5.73 Å². The highest BCUT2D eigenvalue weighted by atomic mass is 19.1. The van der Waals surface area contributed by atoms with Crippen LogP contribution in [0.15, 0.2) is 12.1 Å². The fourth-order valence-electron chi connectivity index (χ4n) is 1.26. The normalized spacial score (nSPS) is 14.6. The third-order valence-corrected chi connectivity index (χ3v) is 2.20. The SMILES string of the molecule is NCC(O)C(O)c1ccc(F)c(C=O)c1F. The zero-order chi connectivity index (χ0) is 12.3. The maximum Gasteiger partial charge on any atom is 0.155 e. The van der Waals surface area contributed by atoms with Crippen LogP contribution in [0.2, 0.25) is 0 Å². The number of rotatable bonds is 4. The van der Waals surface area contributed by atoms with Gasteiger partial charge in [-0.3, -0.25) is 4.79 Å². The highest BCUT2D eigenvalue weighted by Gasteiger charge is 2.23. The molecule has 0 fully saturated rings. The maximum absolute atomic E-state index is 13.5. The molecule has 4 nitrogen and oxygen atoms in total. The van der Waals surface area contributed by atoms with Crippen molar-refractivity contribution in [3.8, 4) is 0 Å². The van der Waals surface area contributed by atoms with Gasteiger partial charge in [-0.15, -0.1) is 0 Å². The van der Waals surface area contributed by atoms with Gasteiger partial charge in [0.25, 0.3) is 0 Å². The molecule has 0 saturated heterocycles. The number of hydrogen-bond donors (Lipinski definition) is 3. The number of hydrogen-bond acceptors (Lipinski definition) is 4. The zero-order valence-corrected chi connectivity index (χ0v) is 8.23. The Labute approximate surface area is 90.3 Å². The van der Waals surface area contributed by atoms with Crippen LogP contribution in [0, 0.1) is 11.6 Å². The predicted molar refractivity (Wildman–Crippen MR) is 51.8 cm³/mol. The van der Waals surface area contributed by atoms with Gasteiger partial charge in [0, 0.05) is 12.1 Å². The molecule has 0 heterocycles. The Morgan fingerprint density at radius 2 is 2.00 bits per heavy atom. The van der Waals surface area contributed by atoms with Crippen LogP contribution < -0.4 is 5.73 Å². The molecule has 2 atom stereocenters. The minimum atomic E-state index is -1.59. The summed E-state index contributed by atoms with van der Waals surface area (Å²) in [7, 11) is 0. The van der Waals surface area contributed by atoms with Crippen LogP contribution in [0.3, 0.4) is 0 Å². The molecule has 0 radical (unpaired) electrons. The number of carbonyl (C=O) groups is 1. The first-order valence-electron chi connectivity index (χ1n) is 4.52. The molecule has 2 unspecified atom stereocenters. The fraction of sp³-hybridized carbons (Fsp3) is 0.300. The smallest absolute Gasteiger partial charge is 0.155 e. The van der Waals surface area contributed by atoms with Gasteiger partial charge in [-0.05, 0) is 6.07 Å². The van der Waals surface area contributed by atoms with Gasteiger partial charge in [0.2, 0.25) is 0 Å². The molecule has 1 aromatic rings. The number of carbonyl (C=O) groups excluding carboxylic acids is 1. The second-order valence-corrected chi connectivity index (χ2v) is 3.23. The van der Waals surface area contributed by atoms with Crippen LogP contribution in [-0.2, 0) is 0 Å². The molecule has 16 heavy (non-hydrogen) atoms. The topological polar surface area (TPSA) is 83.6 Å². The average molecular weight is 231 g/mol. The summed E-state index contributed by atoms with van der Waals surface area (Å²) in [6.07, 6.45) is -2.96. The van der Waals surface area contributed by atoms with Gasteiger partial charge in [-0.2, -0.15) is 0 Å². The van der Waals surface area contributed by atoms with Crippen molar-refractivity contribution in [1.82, 2.24) is 0 Å². The van der Waals surface area contributed by atoms with E-state index in [-0.39, 0.29) is 18.4 Å². The molecule has 0 aliphatic rings. The minimum absolute atomic E-state index is 0.00964. The Morgan fingerprint density at radius 1 is 1.38 bits per heavy atom. The van der Waals surface area contributed by atoms with E-state index in [1.54, 1.807) is 0 Å². The Hall–Kier alpha value is -1.37. The first-order valence-corrected chi connectivity index (χ1v) is 4.52. The summed E-state index contributed by atoms with van der Waals surface area (Å²) in [6, 6.07) is 1.80. The van der Waals surface area contributed by atoms with E-state index in [1.165, 1.54) is 0 Å². The van der Waals surface area contributed by atoms with Crippen LogP contribution in [0.4, 0.5) is 8.78 Å². The van der Waals surface area contributed by atoms with E-state index in [1.807, 2.05) is 0 Å². The van der Waals surface area contributed by atoms with E-state index >= 15 is 0 Å². The zero-order valence-electron chi connectivity index (χ0n) is 8.23. The Bertz CT molecular complexity index is 398. The molecule has 0 bridgehead atoms. The Kier molecular flexibility index (Phi) is 4.05. The molecule has 0 saturated carbocycles. The van der Waals surface area contributed by atoms with E-state index in [9.17, 15) is 23.8 Å². The molecule has 4 N–H and O–H groups in total. The van der Waals surface area contributed by atoms with Crippen LogP contribution in [0.25, 0.3) is 0 Å². The highest BCUT2D eigenvalue weighted by molar-refractivity contribution is 5.76. The third-order valence-electron chi connectivity index (χ3n) is 2.20. The molecule has 0 amide bonds. The van der Waals surface area contributed by atoms with Crippen molar-refractivity contribution in [3.63, 3.8) is 0 Å². The number of nitrogens with two attached hydrogens (primary N) is 1. The second kappa shape index (κ2) is 5.11. The molecule has 0 aromatic heterocycles. The average Bonchev–Trinajstić information content (AvgIpc) is 2.28. The van der Waals surface area contributed by atoms with Crippen LogP contribution in [0.5, 0.6) is 0 Å². The Morgan fingerprint density at radius 3 is 2.50 bits per heavy atom. The van der Waals surface area contributed by atoms with Crippen molar-refractivity contribution < 1.29 is 23.8 Å². The van der Waals surface area contributed by atoms with Gasteiger partial charge < -0.3 is 15.9 Å². The molecule has 6 heteroatoms. The summed E-state index contributed by atoms with van der Waals surface area (Å²) in [6.45, 7) is -0.283. The van der Waals surface area contributed by atoms with E-state index in [2.05, 4.69) is 0 Å². The largest absolute Gasteiger partial charge is 0.389 e. The van der Waals surface area contributed by atoms with Crippen molar-refractivity contribution >= 4 is 6.29 Å². The van der Waals surface area contributed by atoms with E-state index in [0.29, 0.717) is 0 Å². The van der Waals surface area contributed by atoms with Crippen molar-refractivity contribution in [2.75, 3.05) is 6.54 Å². The van der Waals surface area contributed by atoms with Crippen molar-refractivity contribution in [1.29, 1.82) is 0 Å². The van der Waals surface area contributed by atoms with Crippen molar-refractivity contribution in [3.05, 3.63) is 34.9 Å². The minimum Gasteiger partial charge on any atom is -0.389 e. The van der Waals surface area contributed by atoms with E-state index < -0.39 is 29.4 Å². The molecule has 88 valence electrons. The predicted octanol–water partition coefficient (Wildman–Crippen LogP) is 0.130. The summed E-state index contributed by atoms with van der Waals surface area (Å²) in [5.74, 6) is -2.21. The van der Waals surface area contributed by atoms with Gasteiger partial charge in [0.1, 0.15) is 17.7 Å². The third kappa shape index (κ3) is 2.24. The molecule has 0 aliphatic carbocycles. The fourth-order valence-corrected chi connectivity index (χ4v) is 1.26. The van der Waals surface area contributed by atoms with Gasteiger partial charge in [-0.25, -0.2) is 8.78 Å². The number of halogens is 2. The van der Waals surface area contributed by atoms with Crippen LogP contribution in [0.1, 0.15) is 22.0 Å². The number of aliphatic hydroxyl groups is 2. The lowest BCUT2D eigenvalue weighted by atomic mass is 10.0. The van der Waals surface area contributed by atoms with Gasteiger partial charge >= 0.3 is 0 Å². The lowest BCUT2D eigenvalue weighted by molar-refractivity contribution is 0.0220. The van der Waals surface area contributed by atoms with Gasteiger partial charge in [0.15, 0.2) is 6.29 Å². The first-order chi connectivity index (χ1) is 7.52. The summed E-state index contributed by atoms with van der Waals surface area (Å²) in [5.41, 5.74) is 3.95. The molecular formula is C10H11F2NO3. The summed E-state index contributed by atoms with van der Waals surface area (Å²) >= 11 is 0.